The zero-order valence-electron chi connectivity index (χ0n) is 18.9. The number of rotatable bonds is 7. The smallest absolute Gasteiger partial charge is 0.283 e. The number of carbonyl (C=O) groups is 3. The van der Waals surface area contributed by atoms with Crippen LogP contribution >= 0.6 is 23.2 Å². The first kappa shape index (κ1) is 24.3. The molecule has 0 fully saturated rings. The zero-order valence-corrected chi connectivity index (χ0v) is 20.4. The molecule has 3 aromatic rings. The molecule has 0 saturated carbocycles. The molecule has 178 valence electrons. The molecule has 1 heterocycles. The maximum Gasteiger partial charge on any atom is 0.283 e. The van der Waals surface area contributed by atoms with Gasteiger partial charge in [-0.3, -0.25) is 14.4 Å². The van der Waals surface area contributed by atoms with Gasteiger partial charge >= 0.3 is 0 Å². The van der Waals surface area contributed by atoms with Crippen LogP contribution in [0.2, 0.25) is 5.02 Å². The number of anilines is 3. The largest absolute Gasteiger partial charge is 0.495 e. The lowest BCUT2D eigenvalue weighted by Crippen LogP contribution is -2.32. The summed E-state index contributed by atoms with van der Waals surface area (Å²) in [7, 11) is 1.50. The summed E-state index contributed by atoms with van der Waals surface area (Å²) in [6, 6.07) is 18.4. The van der Waals surface area contributed by atoms with Crippen LogP contribution in [-0.4, -0.2) is 24.8 Å². The number of aryl methyl sites for hydroxylation is 1. The van der Waals surface area contributed by atoms with Crippen molar-refractivity contribution in [2.45, 2.75) is 13.3 Å². The van der Waals surface area contributed by atoms with E-state index in [1.165, 1.54) is 7.11 Å². The van der Waals surface area contributed by atoms with Crippen LogP contribution in [0.3, 0.4) is 0 Å². The molecule has 0 spiro atoms. The third-order valence-electron chi connectivity index (χ3n) is 5.46. The van der Waals surface area contributed by atoms with Crippen LogP contribution in [-0.2, 0) is 16.0 Å². The van der Waals surface area contributed by atoms with E-state index in [1.807, 2.05) is 19.1 Å². The van der Waals surface area contributed by atoms with E-state index in [0.29, 0.717) is 33.4 Å². The second-order valence-corrected chi connectivity index (χ2v) is 8.47. The van der Waals surface area contributed by atoms with E-state index < -0.39 is 11.8 Å². The summed E-state index contributed by atoms with van der Waals surface area (Å²) in [6.45, 7) is 2.02. The zero-order chi connectivity index (χ0) is 25.1. The van der Waals surface area contributed by atoms with Gasteiger partial charge in [0.2, 0.25) is 0 Å². The number of carbonyl (C=O) groups excluding carboxylic acids is 3. The predicted octanol–water partition coefficient (Wildman–Crippen LogP) is 5.60. The molecule has 1 aliphatic rings. The molecule has 0 bridgehead atoms. The number of imide groups is 1. The van der Waals surface area contributed by atoms with Crippen LogP contribution in [0.25, 0.3) is 0 Å². The molecule has 9 heteroatoms. The number of nitrogens with zero attached hydrogens (tertiary/aromatic N) is 1. The molecule has 0 radical (unpaired) electrons. The van der Waals surface area contributed by atoms with Gasteiger partial charge in [-0.05, 0) is 66.6 Å². The van der Waals surface area contributed by atoms with Crippen LogP contribution in [0.5, 0.6) is 5.75 Å². The minimum Gasteiger partial charge on any atom is -0.495 e. The Kier molecular flexibility index (Phi) is 7.10. The lowest BCUT2D eigenvalue weighted by molar-refractivity contribution is -0.120. The molecule has 0 atom stereocenters. The second kappa shape index (κ2) is 10.2. The molecule has 4 rings (SSSR count). The van der Waals surface area contributed by atoms with Gasteiger partial charge in [0, 0.05) is 16.3 Å². The first-order valence-electron chi connectivity index (χ1n) is 10.7. The number of nitrogens with one attached hydrogen (secondary N) is 2. The number of benzene rings is 3. The molecule has 7 nitrogen and oxygen atoms in total. The van der Waals surface area contributed by atoms with Crippen molar-refractivity contribution in [3.05, 3.63) is 93.6 Å². The van der Waals surface area contributed by atoms with Crippen molar-refractivity contribution in [1.82, 2.24) is 0 Å². The highest BCUT2D eigenvalue weighted by atomic mass is 35.5. The summed E-state index contributed by atoms with van der Waals surface area (Å²) in [5.41, 5.74) is 2.78. The number of hydrogen-bond acceptors (Lipinski definition) is 5. The van der Waals surface area contributed by atoms with Crippen molar-refractivity contribution in [2.75, 3.05) is 22.6 Å². The number of hydrogen-bond donors (Lipinski definition) is 2. The highest BCUT2D eigenvalue weighted by molar-refractivity contribution is 6.53. The van der Waals surface area contributed by atoms with Crippen LogP contribution in [0.4, 0.5) is 17.1 Å². The Morgan fingerprint density at radius 3 is 2.26 bits per heavy atom. The number of halogens is 2. The second-order valence-electron chi connectivity index (χ2n) is 7.66. The lowest BCUT2D eigenvalue weighted by Gasteiger charge is -2.15. The van der Waals surface area contributed by atoms with E-state index in [0.717, 1.165) is 16.9 Å². The van der Waals surface area contributed by atoms with E-state index in [1.54, 1.807) is 54.6 Å². The third-order valence-corrected chi connectivity index (χ3v) is 6.04. The maximum absolute atomic E-state index is 13.0. The van der Waals surface area contributed by atoms with E-state index in [9.17, 15) is 14.4 Å². The highest BCUT2D eigenvalue weighted by Crippen LogP contribution is 2.31. The molecule has 0 saturated heterocycles. The Bertz CT molecular complexity index is 1340. The average molecular weight is 510 g/mol. The minimum absolute atomic E-state index is 0.0305. The SMILES string of the molecule is CCc1ccc(N2C(=O)C(Cl)=C(Nc3ccc(C(=O)Nc4cc(Cl)ccc4OC)cc3)C2=O)cc1. The third kappa shape index (κ3) is 5.01. The van der Waals surface area contributed by atoms with Gasteiger partial charge in [-0.15, -0.1) is 0 Å². The highest BCUT2D eigenvalue weighted by Gasteiger charge is 2.38. The van der Waals surface area contributed by atoms with Crippen molar-refractivity contribution >= 4 is 58.0 Å². The molecule has 3 aromatic carbocycles. The van der Waals surface area contributed by atoms with Crippen molar-refractivity contribution in [3.63, 3.8) is 0 Å². The van der Waals surface area contributed by atoms with Crippen LogP contribution < -0.4 is 20.3 Å². The fraction of sp³-hybridized carbons (Fsp3) is 0.115. The van der Waals surface area contributed by atoms with Crippen molar-refractivity contribution in [1.29, 1.82) is 0 Å². The van der Waals surface area contributed by atoms with Gasteiger partial charge < -0.3 is 15.4 Å². The summed E-state index contributed by atoms with van der Waals surface area (Å²) in [4.78, 5) is 39.3. The molecule has 35 heavy (non-hydrogen) atoms. The molecule has 1 aliphatic heterocycles. The number of methoxy groups -OCH3 is 1. The van der Waals surface area contributed by atoms with Gasteiger partial charge in [0.15, 0.2) is 0 Å². The van der Waals surface area contributed by atoms with Gasteiger partial charge in [0.05, 0.1) is 18.5 Å². The average Bonchev–Trinajstić information content (AvgIpc) is 3.07. The standard InChI is InChI=1S/C26H21Cl2N3O4/c1-3-15-4-11-19(12-5-15)31-25(33)22(28)23(26(31)34)29-18-9-6-16(7-10-18)24(32)30-20-14-17(27)8-13-21(20)35-2/h4-14,29H,3H2,1-2H3,(H,30,32). The minimum atomic E-state index is -0.602. The van der Waals surface area contributed by atoms with Gasteiger partial charge in [-0.1, -0.05) is 42.3 Å². The van der Waals surface area contributed by atoms with Crippen LogP contribution in [0.1, 0.15) is 22.8 Å². The normalized spacial score (nSPS) is 13.3. The fourth-order valence-electron chi connectivity index (χ4n) is 3.55. The fourth-order valence-corrected chi connectivity index (χ4v) is 3.93. The molecule has 0 aromatic heterocycles. The maximum atomic E-state index is 13.0. The van der Waals surface area contributed by atoms with Gasteiger partial charge in [0.1, 0.15) is 16.5 Å². The first-order chi connectivity index (χ1) is 16.8. The molecule has 0 unspecified atom stereocenters. The number of amides is 3. The first-order valence-corrected chi connectivity index (χ1v) is 11.5. The molecule has 0 aliphatic carbocycles. The topological polar surface area (TPSA) is 87.7 Å². The van der Waals surface area contributed by atoms with Crippen molar-refractivity contribution in [2.24, 2.45) is 0 Å². The Morgan fingerprint density at radius 2 is 1.63 bits per heavy atom. The quantitative estimate of drug-likeness (QED) is 0.404. The van der Waals surface area contributed by atoms with Crippen molar-refractivity contribution < 1.29 is 19.1 Å². The van der Waals surface area contributed by atoms with Crippen LogP contribution in [0, 0.1) is 0 Å². The Hall–Kier alpha value is -3.81. The Labute approximate surface area is 212 Å². The van der Waals surface area contributed by atoms with E-state index in [2.05, 4.69) is 10.6 Å². The summed E-state index contributed by atoms with van der Waals surface area (Å²) in [6.07, 6.45) is 0.842. The predicted molar refractivity (Wildman–Crippen MR) is 137 cm³/mol. The molecular weight excluding hydrogens is 489 g/mol. The summed E-state index contributed by atoms with van der Waals surface area (Å²) >= 11 is 12.2. The Morgan fingerprint density at radius 1 is 0.943 bits per heavy atom. The van der Waals surface area contributed by atoms with E-state index in [-0.39, 0.29) is 16.6 Å². The monoisotopic (exact) mass is 509 g/mol. The molecule has 2 N–H and O–H groups in total. The Balaban J connectivity index is 1.48. The van der Waals surface area contributed by atoms with Crippen molar-refractivity contribution in [3.8, 4) is 5.75 Å². The van der Waals surface area contributed by atoms with Crippen LogP contribution in [0.15, 0.2) is 77.5 Å². The molecular formula is C26H21Cl2N3O4. The molecule has 3 amide bonds. The van der Waals surface area contributed by atoms with Gasteiger partial charge in [0.25, 0.3) is 17.7 Å². The summed E-state index contributed by atoms with van der Waals surface area (Å²) < 4.78 is 5.25. The van der Waals surface area contributed by atoms with E-state index >= 15 is 0 Å². The van der Waals surface area contributed by atoms with Gasteiger partial charge in [-0.2, -0.15) is 0 Å². The lowest BCUT2D eigenvalue weighted by atomic mass is 10.1. The summed E-state index contributed by atoms with van der Waals surface area (Å²) in [5.74, 6) is -1.06. The number of ether oxygens (including phenoxy) is 1. The van der Waals surface area contributed by atoms with E-state index in [4.69, 9.17) is 27.9 Å². The summed E-state index contributed by atoms with van der Waals surface area (Å²) in [5, 5.41) is 5.91. The van der Waals surface area contributed by atoms with Gasteiger partial charge in [-0.25, -0.2) is 4.90 Å².